The fraction of sp³-hybridized carbons (Fsp3) is 0.600. The van der Waals surface area contributed by atoms with Gasteiger partial charge in [-0.05, 0) is 49.9 Å². The topological polar surface area (TPSA) is 15.3 Å². The first-order valence-electron chi connectivity index (χ1n) is 7.10. The minimum Gasteiger partial charge on any atom is -0.382 e. The lowest BCUT2D eigenvalue weighted by Gasteiger charge is -2.32. The van der Waals surface area contributed by atoms with Crippen molar-refractivity contribution < 1.29 is 13.2 Å². The minimum atomic E-state index is -4.28. The number of hydrogen-bond donors (Lipinski definition) is 1. The number of nitrogens with zero attached hydrogens (tertiary/aromatic N) is 1. The van der Waals surface area contributed by atoms with Crippen LogP contribution in [-0.4, -0.2) is 30.6 Å². The highest BCUT2D eigenvalue weighted by Gasteiger charge is 2.35. The van der Waals surface area contributed by atoms with Gasteiger partial charge < -0.3 is 10.2 Å². The number of fused-ring (bicyclic) bond motifs is 2. The fourth-order valence-corrected chi connectivity index (χ4v) is 3.30. The molecule has 2 aliphatic heterocycles. The molecule has 2 heterocycles. The molecule has 0 radical (unpaired) electrons. The van der Waals surface area contributed by atoms with E-state index in [9.17, 15) is 13.2 Å². The van der Waals surface area contributed by atoms with Crippen LogP contribution in [0.2, 0.25) is 0 Å². The Balaban J connectivity index is 1.79. The molecular weight excluding hydrogens is 265 g/mol. The molecule has 1 N–H and O–H groups in total. The molecule has 3 rings (SSSR count). The van der Waals surface area contributed by atoms with Gasteiger partial charge in [-0.25, -0.2) is 0 Å². The maximum Gasteiger partial charge on any atom is 0.416 e. The second-order valence-corrected chi connectivity index (χ2v) is 5.92. The molecule has 0 amide bonds. The largest absolute Gasteiger partial charge is 0.416 e. The molecule has 110 valence electrons. The standard InChI is InChI=1S/C15H19F3N2/c1-10-2-3-12(15(16,17)18)8-14(10)19-13-5-7-20-6-4-11(13)9-20/h2-3,8,11,13,19H,4-7,9H2,1H3. The van der Waals surface area contributed by atoms with Gasteiger partial charge in [0.25, 0.3) is 0 Å². The van der Waals surface area contributed by atoms with Gasteiger partial charge in [-0.3, -0.25) is 0 Å². The highest BCUT2D eigenvalue weighted by molar-refractivity contribution is 5.54. The Hall–Kier alpha value is -1.23. The van der Waals surface area contributed by atoms with Gasteiger partial charge in [0.05, 0.1) is 5.56 Å². The van der Waals surface area contributed by atoms with E-state index in [2.05, 4.69) is 10.2 Å². The number of alkyl halides is 3. The molecule has 1 aromatic carbocycles. The molecule has 1 aromatic rings. The Morgan fingerprint density at radius 3 is 2.70 bits per heavy atom. The Labute approximate surface area is 117 Å². The van der Waals surface area contributed by atoms with E-state index in [4.69, 9.17) is 0 Å². The predicted octanol–water partition coefficient (Wildman–Crippen LogP) is 3.52. The zero-order valence-corrected chi connectivity index (χ0v) is 11.5. The smallest absolute Gasteiger partial charge is 0.382 e. The Morgan fingerprint density at radius 2 is 1.95 bits per heavy atom. The first kappa shape index (κ1) is 13.7. The molecule has 2 fully saturated rings. The highest BCUT2D eigenvalue weighted by Crippen LogP contribution is 2.34. The third-order valence-electron chi connectivity index (χ3n) is 4.54. The molecule has 3 atom stereocenters. The predicted molar refractivity (Wildman–Crippen MR) is 72.8 cm³/mol. The van der Waals surface area contributed by atoms with Gasteiger partial charge in [0.1, 0.15) is 0 Å². The average Bonchev–Trinajstić information content (AvgIpc) is 2.77. The molecule has 0 saturated carbocycles. The van der Waals surface area contributed by atoms with Crippen LogP contribution in [0.4, 0.5) is 18.9 Å². The third-order valence-corrected chi connectivity index (χ3v) is 4.54. The first-order valence-corrected chi connectivity index (χ1v) is 7.10. The van der Waals surface area contributed by atoms with E-state index >= 15 is 0 Å². The quantitative estimate of drug-likeness (QED) is 0.894. The Kier molecular flexibility index (Phi) is 3.40. The summed E-state index contributed by atoms with van der Waals surface area (Å²) in [6.07, 6.45) is -2.11. The molecule has 3 unspecified atom stereocenters. The summed E-state index contributed by atoms with van der Waals surface area (Å²) in [5.74, 6) is 0.567. The number of nitrogens with one attached hydrogen (secondary N) is 1. The van der Waals surface area contributed by atoms with Crippen molar-refractivity contribution in [3.8, 4) is 0 Å². The highest BCUT2D eigenvalue weighted by atomic mass is 19.4. The molecule has 5 heteroatoms. The van der Waals surface area contributed by atoms with E-state index in [0.717, 1.165) is 44.1 Å². The van der Waals surface area contributed by atoms with E-state index in [0.29, 0.717) is 17.6 Å². The van der Waals surface area contributed by atoms with Crippen LogP contribution in [0.1, 0.15) is 24.0 Å². The van der Waals surface area contributed by atoms with Crippen molar-refractivity contribution in [2.75, 3.05) is 25.0 Å². The molecule has 0 aromatic heterocycles. The molecular formula is C15H19F3N2. The summed E-state index contributed by atoms with van der Waals surface area (Å²) in [5.41, 5.74) is 0.929. The number of halogens is 3. The minimum absolute atomic E-state index is 0.302. The maximum atomic E-state index is 12.8. The summed E-state index contributed by atoms with van der Waals surface area (Å²) in [5, 5.41) is 3.36. The van der Waals surface area contributed by atoms with Crippen LogP contribution in [0.5, 0.6) is 0 Å². The number of hydrogen-bond acceptors (Lipinski definition) is 2. The summed E-state index contributed by atoms with van der Waals surface area (Å²) >= 11 is 0. The van der Waals surface area contributed by atoms with Crippen LogP contribution in [0.25, 0.3) is 0 Å². The van der Waals surface area contributed by atoms with Crippen molar-refractivity contribution in [2.24, 2.45) is 5.92 Å². The maximum absolute atomic E-state index is 12.8. The van der Waals surface area contributed by atoms with Gasteiger partial charge >= 0.3 is 6.18 Å². The van der Waals surface area contributed by atoms with E-state index in [-0.39, 0.29) is 0 Å². The van der Waals surface area contributed by atoms with Gasteiger partial charge in [0, 0.05) is 24.8 Å². The van der Waals surface area contributed by atoms with Gasteiger partial charge in [0.2, 0.25) is 0 Å². The number of rotatable bonds is 2. The van der Waals surface area contributed by atoms with Crippen molar-refractivity contribution in [3.05, 3.63) is 29.3 Å². The van der Waals surface area contributed by atoms with Gasteiger partial charge in [-0.15, -0.1) is 0 Å². The molecule has 0 spiro atoms. The second kappa shape index (κ2) is 4.95. The van der Waals surface area contributed by atoms with Crippen molar-refractivity contribution in [1.29, 1.82) is 0 Å². The van der Waals surface area contributed by atoms with Crippen LogP contribution in [0, 0.1) is 12.8 Å². The van der Waals surface area contributed by atoms with E-state index in [1.807, 2.05) is 6.92 Å². The fourth-order valence-electron chi connectivity index (χ4n) is 3.30. The summed E-state index contributed by atoms with van der Waals surface area (Å²) in [4.78, 5) is 2.43. The van der Waals surface area contributed by atoms with Crippen molar-refractivity contribution >= 4 is 5.69 Å². The monoisotopic (exact) mass is 284 g/mol. The van der Waals surface area contributed by atoms with E-state index < -0.39 is 11.7 Å². The average molecular weight is 284 g/mol. The second-order valence-electron chi connectivity index (χ2n) is 5.92. The Bertz CT molecular complexity index is 498. The number of anilines is 1. The lowest BCUT2D eigenvalue weighted by Crippen LogP contribution is -2.39. The number of benzene rings is 1. The summed E-state index contributed by atoms with van der Waals surface area (Å²) < 4.78 is 38.4. The van der Waals surface area contributed by atoms with Crippen molar-refractivity contribution in [3.63, 3.8) is 0 Å². The van der Waals surface area contributed by atoms with Crippen LogP contribution < -0.4 is 5.32 Å². The lowest BCUT2D eigenvalue weighted by atomic mass is 9.93. The third kappa shape index (κ3) is 2.64. The van der Waals surface area contributed by atoms with Crippen LogP contribution >= 0.6 is 0 Å². The SMILES string of the molecule is Cc1ccc(C(F)(F)F)cc1NC1CCN2CCC1C2. The van der Waals surface area contributed by atoms with E-state index in [1.54, 1.807) is 6.07 Å². The summed E-state index contributed by atoms with van der Waals surface area (Å²) in [6, 6.07) is 4.25. The molecule has 2 bridgehead atoms. The summed E-state index contributed by atoms with van der Waals surface area (Å²) in [7, 11) is 0. The molecule has 2 saturated heterocycles. The van der Waals surface area contributed by atoms with Crippen LogP contribution in [0.3, 0.4) is 0 Å². The zero-order chi connectivity index (χ0) is 14.3. The zero-order valence-electron chi connectivity index (χ0n) is 11.5. The Morgan fingerprint density at radius 1 is 1.20 bits per heavy atom. The lowest BCUT2D eigenvalue weighted by molar-refractivity contribution is -0.137. The molecule has 0 aliphatic carbocycles. The normalized spacial score (nSPS) is 29.5. The van der Waals surface area contributed by atoms with Crippen molar-refractivity contribution in [2.45, 2.75) is 32.0 Å². The van der Waals surface area contributed by atoms with Crippen molar-refractivity contribution in [1.82, 2.24) is 4.90 Å². The number of piperidine rings is 1. The van der Waals surface area contributed by atoms with Gasteiger partial charge in [-0.1, -0.05) is 6.07 Å². The first-order chi connectivity index (χ1) is 9.43. The molecule has 2 nitrogen and oxygen atoms in total. The number of aryl methyl sites for hydroxylation is 1. The van der Waals surface area contributed by atoms with Gasteiger partial charge in [-0.2, -0.15) is 13.2 Å². The molecule has 2 aliphatic rings. The van der Waals surface area contributed by atoms with Gasteiger partial charge in [0.15, 0.2) is 0 Å². The van der Waals surface area contributed by atoms with Crippen LogP contribution in [0.15, 0.2) is 18.2 Å². The molecule has 20 heavy (non-hydrogen) atoms. The van der Waals surface area contributed by atoms with Crippen LogP contribution in [-0.2, 0) is 6.18 Å². The summed E-state index contributed by atoms with van der Waals surface area (Å²) in [6.45, 7) is 5.11. The van der Waals surface area contributed by atoms with E-state index in [1.165, 1.54) is 6.07 Å².